The molecule has 1 aliphatic rings. The number of fused-ring (bicyclic) bond motifs is 1. The summed E-state index contributed by atoms with van der Waals surface area (Å²) in [5, 5.41) is 4.69. The number of halogens is 2. The van der Waals surface area contributed by atoms with Crippen molar-refractivity contribution in [3.8, 4) is 5.75 Å². The van der Waals surface area contributed by atoms with Crippen LogP contribution in [0.3, 0.4) is 0 Å². The third-order valence-corrected chi connectivity index (χ3v) is 6.94. The number of rotatable bonds is 5. The predicted octanol–water partition coefficient (Wildman–Crippen LogP) is 4.37. The lowest BCUT2D eigenvalue weighted by molar-refractivity contribution is 0.0954. The van der Waals surface area contributed by atoms with Crippen molar-refractivity contribution >= 4 is 33.1 Å². The van der Waals surface area contributed by atoms with Crippen LogP contribution in [0.15, 0.2) is 76.7 Å². The molecule has 164 valence electrons. The molecule has 0 unspecified atom stereocenters. The van der Waals surface area contributed by atoms with E-state index in [9.17, 15) is 17.6 Å². The first-order chi connectivity index (χ1) is 15.3. The van der Waals surface area contributed by atoms with Gasteiger partial charge in [-0.3, -0.25) is 4.79 Å². The predicted molar refractivity (Wildman–Crippen MR) is 119 cm³/mol. The highest BCUT2D eigenvalue weighted by Gasteiger charge is 2.28. The van der Waals surface area contributed by atoms with Crippen LogP contribution in [-0.4, -0.2) is 25.8 Å². The van der Waals surface area contributed by atoms with Crippen LogP contribution in [0, 0.1) is 5.82 Å². The molecule has 3 aromatic rings. The Hall–Kier alpha value is -3.23. The highest BCUT2D eigenvalue weighted by atomic mass is 35.5. The molecule has 1 amide bonds. The van der Waals surface area contributed by atoms with Gasteiger partial charge in [-0.05, 0) is 60.2 Å². The van der Waals surface area contributed by atoms with E-state index in [-0.39, 0.29) is 22.6 Å². The Balaban J connectivity index is 1.42. The van der Waals surface area contributed by atoms with E-state index in [2.05, 4.69) is 10.5 Å². The topological polar surface area (TPSA) is 84.8 Å². The molecule has 0 fully saturated rings. The number of hydrogen-bond acceptors (Lipinski definition) is 5. The molecule has 4 rings (SSSR count). The van der Waals surface area contributed by atoms with E-state index in [1.165, 1.54) is 6.07 Å². The molecular weight excluding hydrogens is 455 g/mol. The fourth-order valence-electron chi connectivity index (χ4n) is 3.22. The normalized spacial score (nSPS) is 15.8. The molecule has 0 saturated carbocycles. The molecule has 0 atom stereocenters. The Kier molecular flexibility index (Phi) is 6.25. The highest BCUT2D eigenvalue weighted by molar-refractivity contribution is 7.91. The van der Waals surface area contributed by atoms with E-state index in [1.54, 1.807) is 48.5 Å². The summed E-state index contributed by atoms with van der Waals surface area (Å²) in [7, 11) is -3.49. The molecule has 0 aromatic heterocycles. The van der Waals surface area contributed by atoms with Crippen molar-refractivity contribution in [3.05, 3.63) is 94.3 Å². The lowest BCUT2D eigenvalue weighted by Gasteiger charge is -2.18. The van der Waals surface area contributed by atoms with Crippen LogP contribution in [0.2, 0.25) is 5.02 Å². The van der Waals surface area contributed by atoms with Crippen LogP contribution in [-0.2, 0) is 16.4 Å². The van der Waals surface area contributed by atoms with Gasteiger partial charge in [-0.1, -0.05) is 23.7 Å². The van der Waals surface area contributed by atoms with E-state index < -0.39 is 21.6 Å². The van der Waals surface area contributed by atoms with Gasteiger partial charge in [0.1, 0.15) is 18.2 Å². The smallest absolute Gasteiger partial charge is 0.271 e. The number of sulfone groups is 1. The molecule has 0 bridgehead atoms. The molecule has 32 heavy (non-hydrogen) atoms. The Bertz CT molecular complexity index is 1290. The highest BCUT2D eigenvalue weighted by Crippen LogP contribution is 2.26. The first-order valence-corrected chi connectivity index (χ1v) is 11.7. The van der Waals surface area contributed by atoms with Crippen molar-refractivity contribution in [2.45, 2.75) is 17.9 Å². The molecule has 0 radical (unpaired) electrons. The van der Waals surface area contributed by atoms with Crippen LogP contribution < -0.4 is 10.2 Å². The zero-order chi connectivity index (χ0) is 22.7. The molecule has 3 aromatic carbocycles. The van der Waals surface area contributed by atoms with Gasteiger partial charge in [-0.2, -0.15) is 5.10 Å². The summed E-state index contributed by atoms with van der Waals surface area (Å²) in [6.07, 6.45) is 0.0834. The Morgan fingerprint density at radius 1 is 1.06 bits per heavy atom. The van der Waals surface area contributed by atoms with Crippen LogP contribution >= 0.6 is 11.6 Å². The lowest BCUT2D eigenvalue weighted by atomic mass is 10.1. The molecule has 6 nitrogen and oxygen atoms in total. The summed E-state index contributed by atoms with van der Waals surface area (Å²) >= 11 is 5.85. The summed E-state index contributed by atoms with van der Waals surface area (Å²) in [6.45, 7) is 0.322. The maximum absolute atomic E-state index is 13.7. The van der Waals surface area contributed by atoms with Crippen LogP contribution in [0.5, 0.6) is 5.75 Å². The Morgan fingerprint density at radius 3 is 2.50 bits per heavy atom. The fourth-order valence-corrected chi connectivity index (χ4v) is 4.82. The molecule has 9 heteroatoms. The van der Waals surface area contributed by atoms with E-state index in [4.69, 9.17) is 16.3 Å². The molecule has 0 saturated heterocycles. The number of amides is 1. The summed E-state index contributed by atoms with van der Waals surface area (Å²) in [5.41, 5.74) is 4.15. The average molecular weight is 473 g/mol. The summed E-state index contributed by atoms with van der Waals surface area (Å²) in [4.78, 5) is 12.5. The van der Waals surface area contributed by atoms with Crippen LogP contribution in [0.1, 0.15) is 27.9 Å². The van der Waals surface area contributed by atoms with Gasteiger partial charge in [0.05, 0.1) is 16.4 Å². The second kappa shape index (κ2) is 9.10. The van der Waals surface area contributed by atoms with Gasteiger partial charge < -0.3 is 4.74 Å². The molecule has 0 aliphatic carbocycles. The van der Waals surface area contributed by atoms with Gasteiger partial charge >= 0.3 is 0 Å². The van der Waals surface area contributed by atoms with Gasteiger partial charge in [0.25, 0.3) is 5.91 Å². The zero-order valence-electron chi connectivity index (χ0n) is 16.7. The second-order valence-electron chi connectivity index (χ2n) is 7.15. The van der Waals surface area contributed by atoms with Gasteiger partial charge in [-0.25, -0.2) is 18.2 Å². The monoisotopic (exact) mass is 472 g/mol. The Morgan fingerprint density at radius 2 is 1.78 bits per heavy atom. The first kappa shape index (κ1) is 22.0. The van der Waals surface area contributed by atoms with E-state index in [0.717, 1.165) is 17.7 Å². The van der Waals surface area contributed by atoms with Crippen molar-refractivity contribution in [1.82, 2.24) is 5.43 Å². The SMILES string of the molecule is O=C(N/N=C1/CCS(=O)(=O)c2ccc(F)cc21)c1ccc(COc2ccc(Cl)cc2)cc1. The first-order valence-electron chi connectivity index (χ1n) is 9.69. The van der Waals surface area contributed by atoms with Crippen molar-refractivity contribution in [3.63, 3.8) is 0 Å². The average Bonchev–Trinajstić information content (AvgIpc) is 2.78. The van der Waals surface area contributed by atoms with Crippen LogP contribution in [0.4, 0.5) is 4.39 Å². The maximum atomic E-state index is 13.7. The minimum atomic E-state index is -3.49. The van der Waals surface area contributed by atoms with Crippen molar-refractivity contribution in [2.24, 2.45) is 5.10 Å². The van der Waals surface area contributed by atoms with Crippen molar-refractivity contribution in [1.29, 1.82) is 0 Å². The number of carbonyl (C=O) groups excluding carboxylic acids is 1. The van der Waals surface area contributed by atoms with Crippen LogP contribution in [0.25, 0.3) is 0 Å². The fraction of sp³-hybridized carbons (Fsp3) is 0.130. The molecule has 1 N–H and O–H groups in total. The van der Waals surface area contributed by atoms with Gasteiger partial charge in [0.15, 0.2) is 9.84 Å². The van der Waals surface area contributed by atoms with Crippen molar-refractivity contribution < 1.29 is 22.3 Å². The lowest BCUT2D eigenvalue weighted by Crippen LogP contribution is -2.26. The number of benzene rings is 3. The largest absolute Gasteiger partial charge is 0.489 e. The molecule has 1 aliphatic heterocycles. The summed E-state index contributed by atoms with van der Waals surface area (Å²) < 4.78 is 43.7. The third kappa shape index (κ3) is 4.98. The maximum Gasteiger partial charge on any atom is 0.271 e. The number of hydrogen-bond donors (Lipinski definition) is 1. The third-order valence-electron chi connectivity index (χ3n) is 4.92. The minimum Gasteiger partial charge on any atom is -0.489 e. The summed E-state index contributed by atoms with van der Waals surface area (Å²) in [6, 6.07) is 17.2. The van der Waals surface area contributed by atoms with E-state index in [1.807, 2.05) is 0 Å². The number of carbonyl (C=O) groups is 1. The number of hydrazone groups is 1. The number of ether oxygens (including phenoxy) is 1. The van der Waals surface area contributed by atoms with Gasteiger partial charge in [0, 0.05) is 22.6 Å². The quantitative estimate of drug-likeness (QED) is 0.441. The zero-order valence-corrected chi connectivity index (χ0v) is 18.3. The Labute approximate surface area is 189 Å². The standard InChI is InChI=1S/C23H18ClFN2O4S/c24-17-5-8-19(9-6-17)31-14-15-1-3-16(4-2-15)23(28)27-26-21-11-12-32(29,30)22-10-7-18(25)13-20(21)22/h1-10,13H,11-12,14H2,(H,27,28)/b26-21-. The summed E-state index contributed by atoms with van der Waals surface area (Å²) in [5.74, 6) is -0.508. The van der Waals surface area contributed by atoms with Crippen molar-refractivity contribution in [2.75, 3.05) is 5.75 Å². The minimum absolute atomic E-state index is 0.0168. The second-order valence-corrected chi connectivity index (χ2v) is 9.66. The van der Waals surface area contributed by atoms with E-state index >= 15 is 0 Å². The molecular formula is C23H18ClFN2O4S. The number of nitrogens with one attached hydrogen (secondary N) is 1. The molecule has 1 heterocycles. The number of nitrogens with zero attached hydrogens (tertiary/aromatic N) is 1. The van der Waals surface area contributed by atoms with Gasteiger partial charge in [-0.15, -0.1) is 0 Å². The van der Waals surface area contributed by atoms with E-state index in [0.29, 0.717) is 28.7 Å². The van der Waals surface area contributed by atoms with Gasteiger partial charge in [0.2, 0.25) is 0 Å². The molecule has 0 spiro atoms.